The van der Waals surface area contributed by atoms with Gasteiger partial charge in [-0.15, -0.1) is 0 Å². The second-order valence-corrected chi connectivity index (χ2v) is 6.34. The number of carbonyl (C=O) groups is 1. The van der Waals surface area contributed by atoms with Crippen molar-refractivity contribution in [2.24, 2.45) is 5.16 Å². The fourth-order valence-corrected chi connectivity index (χ4v) is 2.56. The summed E-state index contributed by atoms with van der Waals surface area (Å²) in [6.45, 7) is 6.39. The van der Waals surface area contributed by atoms with Crippen LogP contribution in [0, 0.1) is 6.92 Å². The average Bonchev–Trinajstić information content (AvgIpc) is 2.68. The summed E-state index contributed by atoms with van der Waals surface area (Å²) in [5.41, 5.74) is 4.24. The monoisotopic (exact) mass is 369 g/mol. The van der Waals surface area contributed by atoms with E-state index in [2.05, 4.69) is 36.3 Å². The summed E-state index contributed by atoms with van der Waals surface area (Å²) in [5.74, 6) is -0.428. The third kappa shape index (κ3) is 6.44. The molecule has 144 valence electrons. The van der Waals surface area contributed by atoms with Crippen molar-refractivity contribution in [1.82, 2.24) is 0 Å². The molecule has 1 N–H and O–H groups in total. The van der Waals surface area contributed by atoms with Gasteiger partial charge in [-0.25, -0.2) is 4.79 Å². The van der Waals surface area contributed by atoms with Gasteiger partial charge in [-0.3, -0.25) is 0 Å². The zero-order valence-electron chi connectivity index (χ0n) is 16.1. The van der Waals surface area contributed by atoms with Gasteiger partial charge < -0.3 is 14.7 Å². The Morgan fingerprint density at radius 2 is 1.74 bits per heavy atom. The molecule has 0 saturated heterocycles. The lowest BCUT2D eigenvalue weighted by Gasteiger charge is -2.13. The molecule has 0 fully saturated rings. The molecule has 1 unspecified atom stereocenters. The Hall–Kier alpha value is -2.82. The van der Waals surface area contributed by atoms with Crippen LogP contribution in [0.3, 0.4) is 0 Å². The number of ether oxygens (including phenoxy) is 1. The number of hydrogen-bond acceptors (Lipinski definition) is 4. The highest BCUT2D eigenvalue weighted by Gasteiger charge is 2.16. The van der Waals surface area contributed by atoms with Crippen LogP contribution in [-0.2, 0) is 16.1 Å². The van der Waals surface area contributed by atoms with Gasteiger partial charge in [-0.05, 0) is 55.2 Å². The van der Waals surface area contributed by atoms with Gasteiger partial charge in [0.15, 0.2) is 6.10 Å². The topological polar surface area (TPSA) is 68.1 Å². The molecule has 0 spiro atoms. The quantitative estimate of drug-likeness (QED) is 0.377. The lowest BCUT2D eigenvalue weighted by molar-refractivity contribution is -0.145. The summed E-state index contributed by atoms with van der Waals surface area (Å²) < 4.78 is 5.48. The second kappa shape index (κ2) is 10.4. The fraction of sp³-hybridized carbons (Fsp3) is 0.364. The van der Waals surface area contributed by atoms with E-state index in [4.69, 9.17) is 14.7 Å². The first kappa shape index (κ1) is 20.5. The molecule has 0 aliphatic rings. The summed E-state index contributed by atoms with van der Waals surface area (Å²) in [6.07, 6.45) is 1.12. The van der Waals surface area contributed by atoms with E-state index >= 15 is 0 Å². The first-order valence-electron chi connectivity index (χ1n) is 9.27. The Bertz CT molecular complexity index is 751. The van der Waals surface area contributed by atoms with Gasteiger partial charge in [0.05, 0.1) is 5.71 Å². The third-order valence-electron chi connectivity index (χ3n) is 4.22. The Kier molecular flexibility index (Phi) is 7.86. The van der Waals surface area contributed by atoms with Gasteiger partial charge in [-0.2, -0.15) is 0 Å². The largest absolute Gasteiger partial charge is 0.479 e. The van der Waals surface area contributed by atoms with Crippen molar-refractivity contribution >= 4 is 11.7 Å². The summed E-state index contributed by atoms with van der Waals surface area (Å²) in [5, 5.41) is 13.3. The standard InChI is InChI=1S/C22H27NO4/c1-4-20(23-26-15-14-17-8-6-16(3)7-9-17)18-10-12-19(13-11-18)27-21(5-2)22(24)25/h6-13,21H,4-5,14-15H2,1-3H3,(H,24,25). The highest BCUT2D eigenvalue weighted by Crippen LogP contribution is 2.17. The van der Waals surface area contributed by atoms with Gasteiger partial charge >= 0.3 is 5.97 Å². The fourth-order valence-electron chi connectivity index (χ4n) is 2.56. The molecule has 0 bridgehead atoms. The van der Waals surface area contributed by atoms with Crippen molar-refractivity contribution in [1.29, 1.82) is 0 Å². The number of hydrogen-bond donors (Lipinski definition) is 1. The maximum atomic E-state index is 11.1. The number of oxime groups is 1. The maximum absolute atomic E-state index is 11.1. The Morgan fingerprint density at radius 1 is 1.07 bits per heavy atom. The van der Waals surface area contributed by atoms with Crippen LogP contribution in [0.2, 0.25) is 0 Å². The molecule has 27 heavy (non-hydrogen) atoms. The SMILES string of the molecule is CCC(=NOCCc1ccc(C)cc1)c1ccc(OC(CC)C(=O)O)cc1. The molecule has 0 aliphatic heterocycles. The number of carboxylic acids is 1. The zero-order valence-corrected chi connectivity index (χ0v) is 16.1. The highest BCUT2D eigenvalue weighted by atomic mass is 16.6. The molecule has 2 aromatic rings. The number of nitrogens with zero attached hydrogens (tertiary/aromatic N) is 1. The van der Waals surface area contributed by atoms with Gasteiger partial charge in [0.25, 0.3) is 0 Å². The molecular weight excluding hydrogens is 342 g/mol. The van der Waals surface area contributed by atoms with E-state index in [0.29, 0.717) is 18.8 Å². The Balaban J connectivity index is 1.92. The molecule has 2 aromatic carbocycles. The lowest BCUT2D eigenvalue weighted by Crippen LogP contribution is -2.25. The molecule has 0 saturated carbocycles. The van der Waals surface area contributed by atoms with Crippen molar-refractivity contribution < 1.29 is 19.5 Å². The smallest absolute Gasteiger partial charge is 0.344 e. The molecule has 1 atom stereocenters. The van der Waals surface area contributed by atoms with Crippen molar-refractivity contribution in [3.05, 3.63) is 65.2 Å². The summed E-state index contributed by atoms with van der Waals surface area (Å²) >= 11 is 0. The van der Waals surface area contributed by atoms with Gasteiger partial charge in [0.2, 0.25) is 0 Å². The number of aryl methyl sites for hydroxylation is 1. The van der Waals surface area contributed by atoms with Crippen LogP contribution < -0.4 is 4.74 Å². The predicted octanol–water partition coefficient (Wildman–Crippen LogP) is 4.61. The molecule has 5 heteroatoms. The third-order valence-corrected chi connectivity index (χ3v) is 4.22. The Morgan fingerprint density at radius 3 is 2.30 bits per heavy atom. The molecular formula is C22H27NO4. The van der Waals surface area contributed by atoms with Crippen LogP contribution in [0.25, 0.3) is 0 Å². The molecule has 5 nitrogen and oxygen atoms in total. The van der Waals surface area contributed by atoms with Crippen molar-refractivity contribution in [3.63, 3.8) is 0 Å². The van der Waals surface area contributed by atoms with E-state index in [9.17, 15) is 4.79 Å². The van der Waals surface area contributed by atoms with E-state index in [-0.39, 0.29) is 0 Å². The predicted molar refractivity (Wildman–Crippen MR) is 106 cm³/mol. The van der Waals surface area contributed by atoms with Crippen LogP contribution in [0.15, 0.2) is 53.7 Å². The lowest BCUT2D eigenvalue weighted by atomic mass is 10.1. The molecule has 0 aliphatic carbocycles. The number of aliphatic carboxylic acids is 1. The van der Waals surface area contributed by atoms with Crippen molar-refractivity contribution in [2.75, 3.05) is 6.61 Å². The zero-order chi connectivity index (χ0) is 19.6. The number of rotatable bonds is 10. The number of carboxylic acid groups (broad SMARTS) is 1. The van der Waals surface area contributed by atoms with E-state index in [1.807, 2.05) is 19.1 Å². The molecule has 2 rings (SSSR count). The first-order valence-corrected chi connectivity index (χ1v) is 9.27. The van der Waals surface area contributed by atoms with Crippen LogP contribution in [0.4, 0.5) is 0 Å². The van der Waals surface area contributed by atoms with E-state index in [1.54, 1.807) is 19.1 Å². The van der Waals surface area contributed by atoms with Crippen LogP contribution in [-0.4, -0.2) is 29.5 Å². The summed E-state index contributed by atoms with van der Waals surface area (Å²) in [4.78, 5) is 16.6. The van der Waals surface area contributed by atoms with Crippen LogP contribution in [0.1, 0.15) is 43.4 Å². The first-order chi connectivity index (χ1) is 13.0. The van der Waals surface area contributed by atoms with E-state index in [0.717, 1.165) is 24.1 Å². The second-order valence-electron chi connectivity index (χ2n) is 6.34. The summed E-state index contributed by atoms with van der Waals surface area (Å²) in [6, 6.07) is 15.6. The minimum Gasteiger partial charge on any atom is -0.479 e. The maximum Gasteiger partial charge on any atom is 0.344 e. The Labute approximate surface area is 160 Å². The molecule has 0 radical (unpaired) electrons. The van der Waals surface area contributed by atoms with Gasteiger partial charge in [-0.1, -0.05) is 48.8 Å². The molecule has 0 amide bonds. The van der Waals surface area contributed by atoms with E-state index in [1.165, 1.54) is 11.1 Å². The van der Waals surface area contributed by atoms with Crippen LogP contribution in [0.5, 0.6) is 5.75 Å². The molecule has 0 heterocycles. The average molecular weight is 369 g/mol. The highest BCUT2D eigenvalue weighted by molar-refractivity contribution is 6.00. The van der Waals surface area contributed by atoms with Crippen molar-refractivity contribution in [3.8, 4) is 5.75 Å². The van der Waals surface area contributed by atoms with Gasteiger partial charge in [0.1, 0.15) is 12.4 Å². The van der Waals surface area contributed by atoms with Crippen molar-refractivity contribution in [2.45, 2.75) is 46.1 Å². The van der Waals surface area contributed by atoms with E-state index < -0.39 is 12.1 Å². The number of benzene rings is 2. The minimum absolute atomic E-state index is 0.410. The normalized spacial score (nSPS) is 12.5. The van der Waals surface area contributed by atoms with Crippen LogP contribution >= 0.6 is 0 Å². The summed E-state index contributed by atoms with van der Waals surface area (Å²) in [7, 11) is 0. The van der Waals surface area contributed by atoms with Gasteiger partial charge in [0, 0.05) is 6.42 Å². The minimum atomic E-state index is -0.959. The molecule has 0 aromatic heterocycles.